The third-order valence-corrected chi connectivity index (χ3v) is 2.80. The van der Waals surface area contributed by atoms with Gasteiger partial charge in [-0.3, -0.25) is 0 Å². The average molecular weight is 270 g/mol. The van der Waals surface area contributed by atoms with E-state index in [0.29, 0.717) is 6.42 Å². The van der Waals surface area contributed by atoms with Crippen LogP contribution in [0.1, 0.15) is 6.42 Å². The molecule has 0 bridgehead atoms. The highest BCUT2D eigenvalue weighted by atomic mass is 19.3. The first-order valence-corrected chi connectivity index (χ1v) is 5.72. The molecule has 0 saturated carbocycles. The van der Waals surface area contributed by atoms with Gasteiger partial charge in [-0.1, -0.05) is 0 Å². The molecule has 0 amide bonds. The van der Waals surface area contributed by atoms with Crippen molar-refractivity contribution in [2.45, 2.75) is 37.4 Å². The Hall–Kier alpha value is -0.340. The van der Waals surface area contributed by atoms with E-state index in [1.807, 2.05) is 0 Å². The summed E-state index contributed by atoms with van der Waals surface area (Å²) in [4.78, 5) is 0. The molecule has 1 saturated heterocycles. The minimum absolute atomic E-state index is 0.272. The van der Waals surface area contributed by atoms with Crippen LogP contribution in [0, 0.1) is 0 Å². The normalized spacial score (nSPS) is 33.0. The van der Waals surface area contributed by atoms with Crippen molar-refractivity contribution in [3.8, 4) is 0 Å². The minimum atomic E-state index is -2.52. The van der Waals surface area contributed by atoms with Gasteiger partial charge in [0.1, 0.15) is 18.8 Å². The second-order valence-electron chi connectivity index (χ2n) is 3.99. The van der Waals surface area contributed by atoms with Crippen LogP contribution in [0.5, 0.6) is 0 Å². The second kappa shape index (κ2) is 7.96. The summed E-state index contributed by atoms with van der Waals surface area (Å²) in [6.45, 7) is -0.370. The fraction of sp³-hybridized carbons (Fsp3) is 1.00. The fourth-order valence-corrected chi connectivity index (χ4v) is 2.01. The zero-order valence-electron chi connectivity index (χ0n) is 10.8. The van der Waals surface area contributed by atoms with Gasteiger partial charge in [-0.05, 0) is 0 Å². The number of halogens is 2. The highest BCUT2D eigenvalue weighted by molar-refractivity contribution is 4.85. The van der Waals surface area contributed by atoms with E-state index in [1.165, 1.54) is 14.2 Å². The van der Waals surface area contributed by atoms with Gasteiger partial charge in [0.15, 0.2) is 6.29 Å². The summed E-state index contributed by atoms with van der Waals surface area (Å²) in [5.74, 6) is 0. The van der Waals surface area contributed by atoms with Crippen molar-refractivity contribution < 1.29 is 32.5 Å². The van der Waals surface area contributed by atoms with Gasteiger partial charge in [0.25, 0.3) is 6.43 Å². The first-order chi connectivity index (χ1) is 8.62. The number of alkyl halides is 2. The Morgan fingerprint density at radius 1 is 1.22 bits per heavy atom. The largest absolute Gasteiger partial charge is 0.382 e. The Morgan fingerprint density at radius 2 is 1.94 bits per heavy atom. The van der Waals surface area contributed by atoms with Gasteiger partial charge >= 0.3 is 0 Å². The topological polar surface area (TPSA) is 46.2 Å². The van der Waals surface area contributed by atoms with E-state index in [-0.39, 0.29) is 18.8 Å². The zero-order chi connectivity index (χ0) is 13.5. The number of hydrogen-bond acceptors (Lipinski definition) is 5. The summed E-state index contributed by atoms with van der Waals surface area (Å²) < 4.78 is 50.3. The van der Waals surface area contributed by atoms with Crippen molar-refractivity contribution in [3.63, 3.8) is 0 Å². The summed E-state index contributed by atoms with van der Waals surface area (Å²) >= 11 is 0. The molecule has 0 radical (unpaired) electrons. The molecule has 5 nitrogen and oxygen atoms in total. The molecular formula is C11H20F2O5. The number of hydrogen-bond donors (Lipinski definition) is 0. The van der Waals surface area contributed by atoms with E-state index in [1.54, 1.807) is 7.11 Å². The number of methoxy groups -OCH3 is 3. The second-order valence-corrected chi connectivity index (χ2v) is 3.99. The van der Waals surface area contributed by atoms with Gasteiger partial charge in [-0.2, -0.15) is 0 Å². The first-order valence-electron chi connectivity index (χ1n) is 5.72. The maximum absolute atomic E-state index is 12.1. The third kappa shape index (κ3) is 4.40. The van der Waals surface area contributed by atoms with Crippen molar-refractivity contribution in [2.75, 3.05) is 34.5 Å². The summed E-state index contributed by atoms with van der Waals surface area (Å²) in [5.41, 5.74) is 0. The van der Waals surface area contributed by atoms with Crippen LogP contribution in [0.25, 0.3) is 0 Å². The van der Waals surface area contributed by atoms with Crippen LogP contribution in [0.2, 0.25) is 0 Å². The molecule has 0 aromatic rings. The molecule has 1 aliphatic heterocycles. The molecule has 18 heavy (non-hydrogen) atoms. The quantitative estimate of drug-likeness (QED) is 0.692. The van der Waals surface area contributed by atoms with E-state index < -0.39 is 25.4 Å². The van der Waals surface area contributed by atoms with Crippen molar-refractivity contribution in [1.29, 1.82) is 0 Å². The van der Waals surface area contributed by atoms with Gasteiger partial charge in [0.2, 0.25) is 0 Å². The molecule has 108 valence electrons. The maximum atomic E-state index is 12.1. The van der Waals surface area contributed by atoms with Crippen LogP contribution in [0.15, 0.2) is 0 Å². The van der Waals surface area contributed by atoms with Gasteiger partial charge in [0.05, 0.1) is 12.7 Å². The summed E-state index contributed by atoms with van der Waals surface area (Å²) in [6, 6.07) is 0. The van der Waals surface area contributed by atoms with Crippen molar-refractivity contribution in [3.05, 3.63) is 0 Å². The van der Waals surface area contributed by atoms with E-state index in [2.05, 4.69) is 0 Å². The standard InChI is InChI=1S/C11H20F2O5/c1-14-5-8-11(16-3)7(15-2)4-10(18-8)17-6-9(12)13/h7-11H,4-6H2,1-3H3/t7-,8-,10+,11+/m1/s1. The van der Waals surface area contributed by atoms with E-state index in [0.717, 1.165) is 0 Å². The lowest BCUT2D eigenvalue weighted by Crippen LogP contribution is -2.52. The van der Waals surface area contributed by atoms with Gasteiger partial charge in [-0.15, -0.1) is 0 Å². The van der Waals surface area contributed by atoms with E-state index in [4.69, 9.17) is 23.7 Å². The SMILES string of the molecule is COC[C@H]1O[C@H](OCC(F)F)C[C@@H](OC)[C@@H]1OC. The number of ether oxygens (including phenoxy) is 5. The Kier molecular flexibility index (Phi) is 6.95. The summed E-state index contributed by atoms with van der Waals surface area (Å²) in [7, 11) is 4.61. The van der Waals surface area contributed by atoms with Crippen LogP contribution in [0.4, 0.5) is 8.78 Å². The fourth-order valence-electron chi connectivity index (χ4n) is 2.01. The van der Waals surface area contributed by atoms with Crippen LogP contribution < -0.4 is 0 Å². The predicted octanol–water partition coefficient (Wildman–Crippen LogP) is 1.06. The molecule has 1 fully saturated rings. The zero-order valence-corrected chi connectivity index (χ0v) is 10.8. The van der Waals surface area contributed by atoms with Gasteiger partial charge < -0.3 is 23.7 Å². The lowest BCUT2D eigenvalue weighted by molar-refractivity contribution is -0.271. The molecule has 7 heteroatoms. The number of rotatable bonds is 7. The Balaban J connectivity index is 2.58. The van der Waals surface area contributed by atoms with Crippen LogP contribution in [0.3, 0.4) is 0 Å². The molecule has 0 aromatic carbocycles. The minimum Gasteiger partial charge on any atom is -0.382 e. The lowest BCUT2D eigenvalue weighted by Gasteiger charge is -2.39. The molecule has 0 aromatic heterocycles. The van der Waals surface area contributed by atoms with Crippen LogP contribution in [-0.4, -0.2) is 65.6 Å². The van der Waals surface area contributed by atoms with Crippen molar-refractivity contribution in [1.82, 2.24) is 0 Å². The highest BCUT2D eigenvalue weighted by Crippen LogP contribution is 2.25. The average Bonchev–Trinajstić information content (AvgIpc) is 2.36. The Bertz CT molecular complexity index is 229. The molecule has 0 aliphatic carbocycles. The third-order valence-electron chi connectivity index (χ3n) is 2.80. The molecule has 0 unspecified atom stereocenters. The highest BCUT2D eigenvalue weighted by Gasteiger charge is 2.39. The van der Waals surface area contributed by atoms with E-state index in [9.17, 15) is 8.78 Å². The van der Waals surface area contributed by atoms with Crippen molar-refractivity contribution >= 4 is 0 Å². The molecule has 4 atom stereocenters. The summed E-state index contributed by atoms with van der Waals surface area (Å²) in [5, 5.41) is 0. The molecule has 1 heterocycles. The lowest BCUT2D eigenvalue weighted by atomic mass is 10.0. The molecular weight excluding hydrogens is 250 g/mol. The Labute approximate surface area is 105 Å². The van der Waals surface area contributed by atoms with Crippen molar-refractivity contribution in [2.24, 2.45) is 0 Å². The maximum Gasteiger partial charge on any atom is 0.261 e. The van der Waals surface area contributed by atoms with Gasteiger partial charge in [0, 0.05) is 27.8 Å². The molecule has 0 N–H and O–H groups in total. The van der Waals surface area contributed by atoms with Crippen LogP contribution in [-0.2, 0) is 23.7 Å². The molecule has 1 aliphatic rings. The molecule has 1 rings (SSSR count). The van der Waals surface area contributed by atoms with Crippen LogP contribution >= 0.6 is 0 Å². The smallest absolute Gasteiger partial charge is 0.261 e. The van der Waals surface area contributed by atoms with E-state index >= 15 is 0 Å². The summed E-state index contributed by atoms with van der Waals surface area (Å²) in [6.07, 6.45) is -3.87. The first kappa shape index (κ1) is 15.7. The molecule has 0 spiro atoms. The Morgan fingerprint density at radius 3 is 2.44 bits per heavy atom. The predicted molar refractivity (Wildman–Crippen MR) is 58.7 cm³/mol. The van der Waals surface area contributed by atoms with Gasteiger partial charge in [-0.25, -0.2) is 8.78 Å². The monoisotopic (exact) mass is 270 g/mol.